The Kier molecular flexibility index (Phi) is 6.40. The molecule has 144 valence electrons. The van der Waals surface area contributed by atoms with Crippen molar-refractivity contribution in [1.82, 2.24) is 19.6 Å². The van der Waals surface area contributed by atoms with Gasteiger partial charge in [-0.1, -0.05) is 12.1 Å². The maximum absolute atomic E-state index is 12.5. The van der Waals surface area contributed by atoms with Gasteiger partial charge in [0.2, 0.25) is 16.0 Å². The van der Waals surface area contributed by atoms with Crippen LogP contribution >= 0.6 is 15.9 Å². The van der Waals surface area contributed by atoms with Crippen molar-refractivity contribution in [2.24, 2.45) is 0 Å². The number of rotatable bonds is 6. The van der Waals surface area contributed by atoms with E-state index in [0.29, 0.717) is 42.2 Å². The molecule has 1 amide bonds. The number of aromatic nitrogens is 2. The van der Waals surface area contributed by atoms with Crippen LogP contribution in [0.4, 0.5) is 5.95 Å². The van der Waals surface area contributed by atoms with Gasteiger partial charge >= 0.3 is 0 Å². The third-order valence-electron chi connectivity index (χ3n) is 4.23. The van der Waals surface area contributed by atoms with Gasteiger partial charge in [0, 0.05) is 49.6 Å². The lowest BCUT2D eigenvalue weighted by atomic mass is 10.2. The molecule has 2 heterocycles. The van der Waals surface area contributed by atoms with Crippen LogP contribution in [0.5, 0.6) is 0 Å². The highest BCUT2D eigenvalue weighted by Gasteiger charge is 2.27. The largest absolute Gasteiger partial charge is 0.351 e. The predicted octanol–water partition coefficient (Wildman–Crippen LogP) is 1.12. The van der Waals surface area contributed by atoms with Gasteiger partial charge in [-0.05, 0) is 34.1 Å². The third kappa shape index (κ3) is 5.02. The van der Waals surface area contributed by atoms with E-state index in [4.69, 9.17) is 0 Å². The van der Waals surface area contributed by atoms with Crippen molar-refractivity contribution in [3.63, 3.8) is 0 Å². The molecule has 1 saturated heterocycles. The molecular formula is C17H20BrN5O3S. The molecule has 27 heavy (non-hydrogen) atoms. The minimum atomic E-state index is -3.44. The molecule has 1 aromatic carbocycles. The van der Waals surface area contributed by atoms with Crippen molar-refractivity contribution in [1.29, 1.82) is 0 Å². The maximum Gasteiger partial charge on any atom is 0.252 e. The number of halogens is 1. The molecule has 0 radical (unpaired) electrons. The van der Waals surface area contributed by atoms with Crippen molar-refractivity contribution < 1.29 is 13.2 Å². The van der Waals surface area contributed by atoms with Crippen LogP contribution in [0.2, 0.25) is 0 Å². The smallest absolute Gasteiger partial charge is 0.252 e. The van der Waals surface area contributed by atoms with Crippen molar-refractivity contribution in [2.75, 3.05) is 43.4 Å². The summed E-state index contributed by atoms with van der Waals surface area (Å²) in [6.07, 6.45) is 3.33. The quantitative estimate of drug-likeness (QED) is 0.703. The highest BCUT2D eigenvalue weighted by Crippen LogP contribution is 2.16. The molecule has 0 atom stereocenters. The molecule has 0 bridgehead atoms. The summed E-state index contributed by atoms with van der Waals surface area (Å²) in [5.74, 6) is 0.171. The van der Waals surface area contributed by atoms with E-state index in [-0.39, 0.29) is 18.2 Å². The van der Waals surface area contributed by atoms with Crippen molar-refractivity contribution in [2.45, 2.75) is 0 Å². The second-order valence-corrected chi connectivity index (χ2v) is 8.93. The van der Waals surface area contributed by atoms with E-state index in [1.807, 2.05) is 11.0 Å². The number of carbonyl (C=O) groups excluding carboxylic acids is 1. The topological polar surface area (TPSA) is 95.5 Å². The Morgan fingerprint density at radius 1 is 1.07 bits per heavy atom. The Balaban J connectivity index is 1.49. The number of amides is 1. The number of carbonyl (C=O) groups is 1. The zero-order valence-electron chi connectivity index (χ0n) is 14.6. The fraction of sp³-hybridized carbons (Fsp3) is 0.353. The molecule has 8 nitrogen and oxygen atoms in total. The van der Waals surface area contributed by atoms with Gasteiger partial charge in [0.25, 0.3) is 5.91 Å². The van der Waals surface area contributed by atoms with Gasteiger partial charge in [-0.3, -0.25) is 4.79 Å². The normalized spacial score (nSPS) is 15.5. The Morgan fingerprint density at radius 2 is 1.74 bits per heavy atom. The lowest BCUT2D eigenvalue weighted by Gasteiger charge is -2.33. The van der Waals surface area contributed by atoms with E-state index in [0.717, 1.165) is 0 Å². The van der Waals surface area contributed by atoms with Crippen molar-refractivity contribution >= 4 is 37.8 Å². The molecule has 0 unspecified atom stereocenters. The van der Waals surface area contributed by atoms with Crippen molar-refractivity contribution in [3.8, 4) is 0 Å². The van der Waals surface area contributed by atoms with Gasteiger partial charge in [-0.15, -0.1) is 0 Å². The number of nitrogens with one attached hydrogen (secondary N) is 1. The summed E-state index contributed by atoms with van der Waals surface area (Å²) in [4.78, 5) is 22.5. The lowest BCUT2D eigenvalue weighted by Crippen LogP contribution is -2.50. The lowest BCUT2D eigenvalue weighted by molar-refractivity contribution is 0.0955. The van der Waals surface area contributed by atoms with Crippen LogP contribution in [0.15, 0.2) is 47.2 Å². The first-order chi connectivity index (χ1) is 13.0. The summed E-state index contributed by atoms with van der Waals surface area (Å²) in [7, 11) is -3.44. The second-order valence-electron chi connectivity index (χ2n) is 5.99. The Hall–Kier alpha value is -2.04. The van der Waals surface area contributed by atoms with E-state index in [1.165, 1.54) is 4.31 Å². The molecule has 10 heteroatoms. The monoisotopic (exact) mass is 453 g/mol. The van der Waals surface area contributed by atoms with Gasteiger partial charge in [-0.25, -0.2) is 18.4 Å². The minimum absolute atomic E-state index is 0.0600. The number of anilines is 1. The summed E-state index contributed by atoms with van der Waals surface area (Å²) >= 11 is 3.31. The van der Waals surface area contributed by atoms with Gasteiger partial charge < -0.3 is 10.2 Å². The van der Waals surface area contributed by atoms with Crippen LogP contribution < -0.4 is 10.2 Å². The molecule has 1 aromatic heterocycles. The highest BCUT2D eigenvalue weighted by molar-refractivity contribution is 9.10. The first-order valence-electron chi connectivity index (χ1n) is 8.50. The molecule has 0 aliphatic carbocycles. The molecule has 2 aromatic rings. The number of benzene rings is 1. The van der Waals surface area contributed by atoms with Crippen LogP contribution in [0.25, 0.3) is 0 Å². The molecule has 0 saturated carbocycles. The second kappa shape index (κ2) is 8.77. The average Bonchev–Trinajstić information content (AvgIpc) is 2.69. The molecule has 1 fully saturated rings. The average molecular weight is 454 g/mol. The molecule has 1 N–H and O–H groups in total. The summed E-state index contributed by atoms with van der Waals surface area (Å²) in [5, 5.41) is 2.66. The first kappa shape index (κ1) is 19.7. The number of hydrogen-bond donors (Lipinski definition) is 1. The standard InChI is InChI=1S/C17H20BrN5O3S/c18-15-5-2-1-4-14(15)16(24)19-8-13-27(25,26)23-11-9-22(10-12-23)17-20-6-3-7-21-17/h1-7H,8-13H2,(H,19,24). The van der Waals surface area contributed by atoms with Gasteiger partial charge in [0.15, 0.2) is 0 Å². The van der Waals surface area contributed by atoms with Gasteiger partial charge in [0.1, 0.15) is 0 Å². The van der Waals surface area contributed by atoms with Crippen LogP contribution in [0.3, 0.4) is 0 Å². The number of hydrogen-bond acceptors (Lipinski definition) is 6. The van der Waals surface area contributed by atoms with E-state index in [9.17, 15) is 13.2 Å². The summed E-state index contributed by atoms with van der Waals surface area (Å²) in [5.41, 5.74) is 0.478. The van der Waals surface area contributed by atoms with Gasteiger partial charge in [-0.2, -0.15) is 4.31 Å². The van der Waals surface area contributed by atoms with Crippen LogP contribution in [0.1, 0.15) is 10.4 Å². The fourth-order valence-electron chi connectivity index (χ4n) is 2.78. The van der Waals surface area contributed by atoms with Crippen LogP contribution in [-0.2, 0) is 10.0 Å². The number of nitrogens with zero attached hydrogens (tertiary/aromatic N) is 4. The van der Waals surface area contributed by atoms with E-state index in [2.05, 4.69) is 31.2 Å². The molecular weight excluding hydrogens is 434 g/mol. The van der Waals surface area contributed by atoms with E-state index < -0.39 is 10.0 Å². The molecule has 1 aliphatic rings. The Morgan fingerprint density at radius 3 is 2.41 bits per heavy atom. The van der Waals surface area contributed by atoms with E-state index in [1.54, 1.807) is 36.7 Å². The minimum Gasteiger partial charge on any atom is -0.351 e. The zero-order chi connectivity index (χ0) is 19.3. The summed E-state index contributed by atoms with van der Waals surface area (Å²) in [6, 6.07) is 8.75. The Bertz CT molecular complexity index is 886. The van der Waals surface area contributed by atoms with E-state index >= 15 is 0 Å². The molecule has 0 spiro atoms. The molecule has 3 rings (SSSR count). The first-order valence-corrected chi connectivity index (χ1v) is 10.9. The molecule has 1 aliphatic heterocycles. The third-order valence-corrected chi connectivity index (χ3v) is 6.79. The predicted molar refractivity (Wildman–Crippen MR) is 106 cm³/mol. The van der Waals surface area contributed by atoms with Crippen LogP contribution in [-0.4, -0.2) is 67.1 Å². The summed E-state index contributed by atoms with van der Waals surface area (Å²) in [6.45, 7) is 1.88. The zero-order valence-corrected chi connectivity index (χ0v) is 17.0. The fourth-order valence-corrected chi connectivity index (χ4v) is 4.59. The summed E-state index contributed by atoms with van der Waals surface area (Å²) < 4.78 is 27.2. The highest BCUT2D eigenvalue weighted by atomic mass is 79.9. The Labute approximate surface area is 166 Å². The van der Waals surface area contributed by atoms with Crippen molar-refractivity contribution in [3.05, 3.63) is 52.8 Å². The SMILES string of the molecule is O=C(NCCS(=O)(=O)N1CCN(c2ncccn2)CC1)c1ccccc1Br. The maximum atomic E-state index is 12.5. The van der Waals surface area contributed by atoms with Gasteiger partial charge in [0.05, 0.1) is 11.3 Å². The number of piperazine rings is 1. The van der Waals surface area contributed by atoms with Crippen LogP contribution in [0, 0.1) is 0 Å². The number of sulfonamides is 1.